The Kier molecular flexibility index (Phi) is 4.76. The predicted octanol–water partition coefficient (Wildman–Crippen LogP) is 2.39. The summed E-state index contributed by atoms with van der Waals surface area (Å²) in [4.78, 5) is 29.2. The Labute approximate surface area is 144 Å². The molecule has 3 rings (SSSR count). The van der Waals surface area contributed by atoms with E-state index in [0.717, 1.165) is 16.1 Å². The fourth-order valence-corrected chi connectivity index (χ4v) is 3.72. The molecule has 0 radical (unpaired) electrons. The van der Waals surface area contributed by atoms with Gasteiger partial charge in [0.1, 0.15) is 0 Å². The molecule has 5 nitrogen and oxygen atoms in total. The highest BCUT2D eigenvalue weighted by atomic mass is 32.1. The van der Waals surface area contributed by atoms with Crippen molar-refractivity contribution in [2.45, 2.75) is 19.8 Å². The zero-order chi connectivity index (χ0) is 17.1. The molecule has 6 heteroatoms. The van der Waals surface area contributed by atoms with Gasteiger partial charge in [0.2, 0.25) is 5.91 Å². The number of aromatic nitrogens is 1. The van der Waals surface area contributed by atoms with Crippen molar-refractivity contribution in [1.29, 1.82) is 0 Å². The van der Waals surface area contributed by atoms with Gasteiger partial charge in [-0.15, -0.1) is 11.3 Å². The zero-order valence-electron chi connectivity index (χ0n) is 13.2. The summed E-state index contributed by atoms with van der Waals surface area (Å²) in [6, 6.07) is 9.73. The van der Waals surface area contributed by atoms with E-state index in [1.54, 1.807) is 6.08 Å². The molecule has 124 valence electrons. The van der Waals surface area contributed by atoms with Crippen molar-refractivity contribution in [1.82, 2.24) is 4.98 Å². The van der Waals surface area contributed by atoms with Gasteiger partial charge in [-0.1, -0.05) is 42.5 Å². The molecular formula is C18H17N2O3S-. The number of hydrogen-bond acceptors (Lipinski definition) is 5. The van der Waals surface area contributed by atoms with Gasteiger partial charge >= 0.3 is 0 Å². The minimum Gasteiger partial charge on any atom is -0.550 e. The largest absolute Gasteiger partial charge is 0.550 e. The smallest absolute Gasteiger partial charge is 0.230 e. The highest BCUT2D eigenvalue weighted by Crippen LogP contribution is 2.32. The van der Waals surface area contributed by atoms with Crippen LogP contribution in [0.3, 0.4) is 0 Å². The normalized spacial score (nSPS) is 19.9. The maximum absolute atomic E-state index is 12.5. The topological polar surface area (TPSA) is 82.1 Å². The van der Waals surface area contributed by atoms with Crippen molar-refractivity contribution in [3.63, 3.8) is 0 Å². The lowest BCUT2D eigenvalue weighted by Gasteiger charge is -2.27. The average molecular weight is 341 g/mol. The number of nitrogens with zero attached hydrogens (tertiary/aromatic N) is 1. The molecule has 0 bridgehead atoms. The number of nitrogens with one attached hydrogen (secondary N) is 1. The highest BCUT2D eigenvalue weighted by molar-refractivity contribution is 7.16. The molecule has 0 spiro atoms. The number of aryl methyl sites for hydroxylation is 1. The number of carboxylic acids is 1. The lowest BCUT2D eigenvalue weighted by molar-refractivity contribution is -0.313. The van der Waals surface area contributed by atoms with E-state index in [-0.39, 0.29) is 5.91 Å². The number of carbonyl (C=O) groups is 2. The molecule has 1 aliphatic carbocycles. The van der Waals surface area contributed by atoms with Gasteiger partial charge in [-0.25, -0.2) is 4.98 Å². The average Bonchev–Trinajstić information content (AvgIpc) is 2.96. The molecule has 2 aromatic rings. The number of thiazole rings is 1. The van der Waals surface area contributed by atoms with E-state index in [4.69, 9.17) is 0 Å². The van der Waals surface area contributed by atoms with E-state index in [0.29, 0.717) is 18.0 Å². The van der Waals surface area contributed by atoms with Crippen molar-refractivity contribution in [2.24, 2.45) is 11.8 Å². The standard InChI is InChI=1S/C18H18N2O3S/c1-11-15(12-7-3-2-4-8-12)19-18(24-11)20-16(21)13-9-5-6-10-14(13)17(22)23/h2-8,13-14H,9-10H2,1H3,(H,22,23)(H,19,20,21)/p-1/t13-,14-/m1/s1. The third-order valence-electron chi connectivity index (χ3n) is 4.15. The maximum atomic E-state index is 12.5. The number of anilines is 1. The van der Waals surface area contributed by atoms with Crippen LogP contribution in [-0.4, -0.2) is 16.9 Å². The summed E-state index contributed by atoms with van der Waals surface area (Å²) in [7, 11) is 0. The van der Waals surface area contributed by atoms with Crippen molar-refractivity contribution in [2.75, 3.05) is 5.32 Å². The lowest BCUT2D eigenvalue weighted by Crippen LogP contribution is -2.41. The maximum Gasteiger partial charge on any atom is 0.230 e. The molecule has 1 aliphatic rings. The molecule has 2 atom stereocenters. The molecule has 0 fully saturated rings. The molecule has 1 N–H and O–H groups in total. The fraction of sp³-hybridized carbons (Fsp3) is 0.278. The van der Waals surface area contributed by atoms with E-state index in [1.807, 2.05) is 43.3 Å². The number of rotatable bonds is 4. The second-order valence-corrected chi connectivity index (χ2v) is 6.96. The van der Waals surface area contributed by atoms with Gasteiger partial charge in [0, 0.05) is 22.3 Å². The molecule has 1 heterocycles. The second kappa shape index (κ2) is 6.97. The third kappa shape index (κ3) is 3.38. The van der Waals surface area contributed by atoms with Crippen molar-refractivity contribution in [3.8, 4) is 11.3 Å². The van der Waals surface area contributed by atoms with Crippen LogP contribution in [0.2, 0.25) is 0 Å². The molecule has 1 aromatic carbocycles. The minimum atomic E-state index is -1.18. The van der Waals surface area contributed by atoms with E-state index < -0.39 is 17.8 Å². The Hall–Kier alpha value is -2.47. The highest BCUT2D eigenvalue weighted by Gasteiger charge is 2.30. The first-order chi connectivity index (χ1) is 11.6. The molecule has 0 aliphatic heterocycles. The van der Waals surface area contributed by atoms with E-state index in [2.05, 4.69) is 10.3 Å². The summed E-state index contributed by atoms with van der Waals surface area (Å²) in [6.45, 7) is 1.95. The quantitative estimate of drug-likeness (QED) is 0.866. The third-order valence-corrected chi connectivity index (χ3v) is 5.03. The van der Waals surface area contributed by atoms with Crippen molar-refractivity contribution < 1.29 is 14.7 Å². The van der Waals surface area contributed by atoms with E-state index in [1.165, 1.54) is 11.3 Å². The van der Waals surface area contributed by atoms with Gasteiger partial charge in [-0.3, -0.25) is 4.79 Å². The van der Waals surface area contributed by atoms with Crippen LogP contribution in [0.25, 0.3) is 11.3 Å². The van der Waals surface area contributed by atoms with Gasteiger partial charge in [0.25, 0.3) is 0 Å². The van der Waals surface area contributed by atoms with Crippen LogP contribution in [0.4, 0.5) is 5.13 Å². The van der Waals surface area contributed by atoms with Gasteiger partial charge in [-0.2, -0.15) is 0 Å². The number of benzene rings is 1. The summed E-state index contributed by atoms with van der Waals surface area (Å²) in [5, 5.41) is 14.5. The van der Waals surface area contributed by atoms with Crippen molar-refractivity contribution >= 4 is 28.3 Å². The molecular weight excluding hydrogens is 324 g/mol. The number of carbonyl (C=O) groups excluding carboxylic acids is 2. The summed E-state index contributed by atoms with van der Waals surface area (Å²) < 4.78 is 0. The summed E-state index contributed by atoms with van der Waals surface area (Å²) in [5.74, 6) is -2.91. The van der Waals surface area contributed by atoms with Crippen molar-refractivity contribution in [3.05, 3.63) is 47.4 Å². The van der Waals surface area contributed by atoms with E-state index >= 15 is 0 Å². The number of allylic oxidation sites excluding steroid dienone is 2. The SMILES string of the molecule is Cc1sc(NC(=O)[C@@H]2CC=CC[C@H]2C(=O)[O-])nc1-c1ccccc1. The Morgan fingerprint density at radius 1 is 1.17 bits per heavy atom. The van der Waals surface area contributed by atoms with Crippen LogP contribution < -0.4 is 10.4 Å². The second-order valence-electron chi connectivity index (χ2n) is 5.75. The molecule has 0 unspecified atom stereocenters. The molecule has 24 heavy (non-hydrogen) atoms. The Morgan fingerprint density at radius 3 is 2.50 bits per heavy atom. The summed E-state index contributed by atoms with van der Waals surface area (Å²) in [5.41, 5.74) is 1.82. The van der Waals surface area contributed by atoms with Crippen LogP contribution in [-0.2, 0) is 9.59 Å². The summed E-state index contributed by atoms with van der Waals surface area (Å²) >= 11 is 1.39. The van der Waals surface area contributed by atoms with Gasteiger partial charge in [0.05, 0.1) is 11.6 Å². The molecule has 0 saturated carbocycles. The Morgan fingerprint density at radius 2 is 1.83 bits per heavy atom. The first-order valence-corrected chi connectivity index (χ1v) is 8.57. The van der Waals surface area contributed by atoms with Crippen LogP contribution >= 0.6 is 11.3 Å². The van der Waals surface area contributed by atoms with E-state index in [9.17, 15) is 14.7 Å². The number of hydrogen-bond donors (Lipinski definition) is 1. The summed E-state index contributed by atoms with van der Waals surface area (Å²) in [6.07, 6.45) is 4.35. The monoisotopic (exact) mass is 341 g/mol. The molecule has 0 saturated heterocycles. The molecule has 1 aromatic heterocycles. The first-order valence-electron chi connectivity index (χ1n) is 7.76. The van der Waals surface area contributed by atoms with Crippen LogP contribution in [0.15, 0.2) is 42.5 Å². The minimum absolute atomic E-state index is 0.318. The Bertz CT molecular complexity index is 783. The lowest BCUT2D eigenvalue weighted by atomic mass is 9.82. The van der Waals surface area contributed by atoms with Crippen LogP contribution in [0.5, 0.6) is 0 Å². The van der Waals surface area contributed by atoms with Crippen LogP contribution in [0.1, 0.15) is 17.7 Å². The fourth-order valence-electron chi connectivity index (χ4n) is 2.88. The predicted molar refractivity (Wildman–Crippen MR) is 91.3 cm³/mol. The van der Waals surface area contributed by atoms with Gasteiger partial charge < -0.3 is 15.2 Å². The first kappa shape index (κ1) is 16.4. The van der Waals surface area contributed by atoms with Gasteiger partial charge in [-0.05, 0) is 19.8 Å². The molecule has 1 amide bonds. The number of carboxylic acid groups (broad SMARTS) is 1. The van der Waals surface area contributed by atoms with Gasteiger partial charge in [0.15, 0.2) is 5.13 Å². The number of amides is 1. The Balaban J connectivity index is 1.78. The van der Waals surface area contributed by atoms with Crippen LogP contribution in [0, 0.1) is 18.8 Å². The zero-order valence-corrected chi connectivity index (χ0v) is 14.0. The number of aliphatic carboxylic acids is 1.